The van der Waals surface area contributed by atoms with Crippen molar-refractivity contribution in [1.29, 1.82) is 0 Å². The van der Waals surface area contributed by atoms with Crippen LogP contribution in [0.15, 0.2) is 54.6 Å². The minimum absolute atomic E-state index is 0.0406. The lowest BCUT2D eigenvalue weighted by Crippen LogP contribution is -3.13. The zero-order valence-electron chi connectivity index (χ0n) is 16.8. The number of quaternary nitrogens is 1. The molecule has 1 aliphatic rings. The van der Waals surface area contributed by atoms with Crippen molar-refractivity contribution >= 4 is 10.0 Å². The van der Waals surface area contributed by atoms with Crippen molar-refractivity contribution in [3.05, 3.63) is 66.0 Å². The van der Waals surface area contributed by atoms with Crippen LogP contribution in [0.3, 0.4) is 0 Å². The predicted molar refractivity (Wildman–Crippen MR) is 111 cm³/mol. The summed E-state index contributed by atoms with van der Waals surface area (Å²) in [6, 6.07) is 16.8. The summed E-state index contributed by atoms with van der Waals surface area (Å²) >= 11 is 0. The van der Waals surface area contributed by atoms with Crippen molar-refractivity contribution in [1.82, 2.24) is 24.5 Å². The van der Waals surface area contributed by atoms with E-state index in [1.54, 1.807) is 16.1 Å². The highest BCUT2D eigenvalue weighted by molar-refractivity contribution is 7.88. The van der Waals surface area contributed by atoms with Gasteiger partial charge >= 0.3 is 0 Å². The molecule has 0 amide bonds. The molecule has 0 saturated carbocycles. The first-order valence-corrected chi connectivity index (χ1v) is 11.4. The zero-order chi connectivity index (χ0) is 21.0. The molecule has 3 aromatic rings. The van der Waals surface area contributed by atoms with Gasteiger partial charge in [0.15, 0.2) is 0 Å². The SMILES string of the molecule is COc1ccc(-n2nnnc2C[NH+]2CCN(S(=O)(=O)Cc3ccccc3)CC2)cc1. The third-order valence-electron chi connectivity index (χ3n) is 5.27. The van der Waals surface area contributed by atoms with E-state index in [2.05, 4.69) is 15.5 Å². The second-order valence-electron chi connectivity index (χ2n) is 7.27. The lowest BCUT2D eigenvalue weighted by Gasteiger charge is -2.31. The number of methoxy groups -OCH3 is 1. The molecule has 1 N–H and O–H groups in total. The number of ether oxygens (including phenoxy) is 1. The predicted octanol–water partition coefficient (Wildman–Crippen LogP) is -0.0986. The molecule has 4 rings (SSSR count). The monoisotopic (exact) mass is 429 g/mol. The van der Waals surface area contributed by atoms with Gasteiger partial charge in [0.2, 0.25) is 15.8 Å². The highest BCUT2D eigenvalue weighted by Gasteiger charge is 2.30. The van der Waals surface area contributed by atoms with Gasteiger partial charge in [-0.2, -0.15) is 8.99 Å². The fourth-order valence-electron chi connectivity index (χ4n) is 3.60. The molecule has 1 saturated heterocycles. The first-order chi connectivity index (χ1) is 14.5. The van der Waals surface area contributed by atoms with E-state index < -0.39 is 10.0 Å². The van der Waals surface area contributed by atoms with E-state index >= 15 is 0 Å². The number of benzene rings is 2. The average molecular weight is 430 g/mol. The minimum atomic E-state index is -3.32. The van der Waals surface area contributed by atoms with Gasteiger partial charge in [0.05, 0.1) is 44.7 Å². The van der Waals surface area contributed by atoms with Crippen molar-refractivity contribution in [2.24, 2.45) is 0 Å². The Labute approximate surface area is 175 Å². The molecule has 0 unspecified atom stereocenters. The van der Waals surface area contributed by atoms with Crippen LogP contribution in [0.4, 0.5) is 0 Å². The van der Waals surface area contributed by atoms with Gasteiger partial charge in [0, 0.05) is 0 Å². The first-order valence-electron chi connectivity index (χ1n) is 9.82. The van der Waals surface area contributed by atoms with Crippen LogP contribution in [-0.4, -0.2) is 66.2 Å². The number of sulfonamides is 1. The summed E-state index contributed by atoms with van der Waals surface area (Å²) in [6.45, 7) is 3.04. The van der Waals surface area contributed by atoms with Crippen LogP contribution < -0.4 is 9.64 Å². The normalized spacial score (nSPS) is 15.9. The van der Waals surface area contributed by atoms with Gasteiger partial charge in [-0.3, -0.25) is 0 Å². The number of aromatic nitrogens is 4. The highest BCUT2D eigenvalue weighted by Crippen LogP contribution is 2.15. The van der Waals surface area contributed by atoms with Crippen LogP contribution >= 0.6 is 0 Å². The molecule has 0 bridgehead atoms. The first kappa shape index (κ1) is 20.5. The number of nitrogens with zero attached hydrogens (tertiary/aromatic N) is 5. The van der Waals surface area contributed by atoms with Gasteiger partial charge in [-0.1, -0.05) is 30.3 Å². The molecule has 2 heterocycles. The molecular weight excluding hydrogens is 404 g/mol. The lowest BCUT2D eigenvalue weighted by molar-refractivity contribution is -0.918. The standard InChI is InChI=1S/C20H24N6O3S/c1-29-19-9-7-18(8-10-19)26-20(21-22-23-26)15-24-11-13-25(14-12-24)30(27,28)16-17-5-3-2-4-6-17/h2-10H,11-16H2,1H3/p+1. The number of piperazine rings is 1. The van der Waals surface area contributed by atoms with E-state index in [0.717, 1.165) is 22.8 Å². The Balaban J connectivity index is 1.37. The summed E-state index contributed by atoms with van der Waals surface area (Å²) < 4.78 is 34.0. The van der Waals surface area contributed by atoms with Crippen molar-refractivity contribution in [3.8, 4) is 11.4 Å². The van der Waals surface area contributed by atoms with E-state index in [1.165, 1.54) is 4.90 Å². The fraction of sp³-hybridized carbons (Fsp3) is 0.350. The van der Waals surface area contributed by atoms with Crippen LogP contribution in [-0.2, 0) is 22.3 Å². The topological polar surface area (TPSA) is 94.7 Å². The van der Waals surface area contributed by atoms with Crippen LogP contribution in [0.5, 0.6) is 5.75 Å². The van der Waals surface area contributed by atoms with E-state index in [0.29, 0.717) is 32.7 Å². The molecule has 2 aromatic carbocycles. The molecule has 0 aliphatic carbocycles. The maximum Gasteiger partial charge on any atom is 0.218 e. The molecule has 158 valence electrons. The van der Waals surface area contributed by atoms with Crippen LogP contribution in [0.2, 0.25) is 0 Å². The number of hydrogen-bond acceptors (Lipinski definition) is 6. The molecule has 0 radical (unpaired) electrons. The third-order valence-corrected chi connectivity index (χ3v) is 7.12. The van der Waals surface area contributed by atoms with Crippen LogP contribution in [0.25, 0.3) is 5.69 Å². The Morgan fingerprint density at radius 3 is 2.40 bits per heavy atom. The molecule has 10 heteroatoms. The zero-order valence-corrected chi connectivity index (χ0v) is 17.6. The van der Waals surface area contributed by atoms with Gasteiger partial charge in [0.1, 0.15) is 12.3 Å². The number of tetrazole rings is 1. The minimum Gasteiger partial charge on any atom is -0.497 e. The third kappa shape index (κ3) is 4.66. The second-order valence-corrected chi connectivity index (χ2v) is 9.24. The average Bonchev–Trinajstić information content (AvgIpc) is 3.23. The van der Waals surface area contributed by atoms with Gasteiger partial charge < -0.3 is 9.64 Å². The van der Waals surface area contributed by atoms with Crippen LogP contribution in [0, 0.1) is 0 Å². The second kappa shape index (κ2) is 8.90. The summed E-state index contributed by atoms with van der Waals surface area (Å²) in [5.41, 5.74) is 1.67. The van der Waals surface area contributed by atoms with Gasteiger partial charge in [-0.25, -0.2) is 8.42 Å². The molecule has 0 spiro atoms. The highest BCUT2D eigenvalue weighted by atomic mass is 32.2. The van der Waals surface area contributed by atoms with Crippen molar-refractivity contribution < 1.29 is 18.1 Å². The number of rotatable bonds is 7. The summed E-state index contributed by atoms with van der Waals surface area (Å²) in [6.07, 6.45) is 0. The summed E-state index contributed by atoms with van der Waals surface area (Å²) in [5.74, 6) is 1.56. The maximum absolute atomic E-state index is 12.7. The van der Waals surface area contributed by atoms with E-state index in [9.17, 15) is 8.42 Å². The van der Waals surface area contributed by atoms with E-state index in [-0.39, 0.29) is 5.75 Å². The molecular formula is C20H25N6O3S+. The summed E-state index contributed by atoms with van der Waals surface area (Å²) in [4.78, 5) is 1.26. The summed E-state index contributed by atoms with van der Waals surface area (Å²) in [5, 5.41) is 12.1. The lowest BCUT2D eigenvalue weighted by atomic mass is 10.2. The Kier molecular flexibility index (Phi) is 6.07. The van der Waals surface area contributed by atoms with Gasteiger partial charge in [0.25, 0.3) is 0 Å². The Morgan fingerprint density at radius 1 is 1.03 bits per heavy atom. The Bertz CT molecular complexity index is 1060. The van der Waals surface area contributed by atoms with Crippen molar-refractivity contribution in [3.63, 3.8) is 0 Å². The van der Waals surface area contributed by atoms with E-state index in [1.807, 2.05) is 54.6 Å². The number of hydrogen-bond donors (Lipinski definition) is 1. The molecule has 1 aromatic heterocycles. The Hall–Kier alpha value is -2.82. The van der Waals surface area contributed by atoms with Crippen molar-refractivity contribution in [2.45, 2.75) is 12.3 Å². The molecule has 9 nitrogen and oxygen atoms in total. The summed E-state index contributed by atoms with van der Waals surface area (Å²) in [7, 11) is -1.69. The van der Waals surface area contributed by atoms with Crippen LogP contribution in [0.1, 0.15) is 11.4 Å². The Morgan fingerprint density at radius 2 is 1.73 bits per heavy atom. The molecule has 0 atom stereocenters. The van der Waals surface area contributed by atoms with Gasteiger partial charge in [-0.15, -0.1) is 5.10 Å². The smallest absolute Gasteiger partial charge is 0.218 e. The molecule has 30 heavy (non-hydrogen) atoms. The number of nitrogens with one attached hydrogen (secondary N) is 1. The van der Waals surface area contributed by atoms with Gasteiger partial charge in [-0.05, 0) is 40.3 Å². The quantitative estimate of drug-likeness (QED) is 0.564. The fourth-order valence-corrected chi connectivity index (χ4v) is 5.13. The molecule has 1 aliphatic heterocycles. The molecule has 1 fully saturated rings. The van der Waals surface area contributed by atoms with Crippen molar-refractivity contribution in [2.75, 3.05) is 33.3 Å². The van der Waals surface area contributed by atoms with E-state index in [4.69, 9.17) is 4.74 Å². The largest absolute Gasteiger partial charge is 0.497 e. The maximum atomic E-state index is 12.7.